The van der Waals surface area contributed by atoms with Gasteiger partial charge in [-0.3, -0.25) is 14.4 Å². The minimum Gasteiger partial charge on any atom is -0.394 e. The van der Waals surface area contributed by atoms with Crippen LogP contribution in [0, 0.1) is 17.3 Å². The molecule has 3 aliphatic heterocycles. The fourth-order valence-electron chi connectivity index (χ4n) is 8.23. The monoisotopic (exact) mass is 687 g/mol. The molecule has 4 rings (SSSR count). The summed E-state index contributed by atoms with van der Waals surface area (Å²) in [5, 5.41) is 10.7. The number of halogens is 1. The first-order chi connectivity index (χ1) is 20.7. The zero-order valence-electron chi connectivity index (χ0n) is 27.2. The van der Waals surface area contributed by atoms with Crippen LogP contribution >= 0.6 is 27.7 Å². The highest BCUT2D eigenvalue weighted by Crippen LogP contribution is 2.69. The van der Waals surface area contributed by atoms with Gasteiger partial charge in [0.25, 0.3) is 0 Å². The molecule has 2 bridgehead atoms. The maximum Gasteiger partial charge on any atom is 0.247 e. The lowest BCUT2D eigenvalue weighted by Gasteiger charge is -2.46. The zero-order chi connectivity index (χ0) is 32.6. The van der Waals surface area contributed by atoms with E-state index in [-0.39, 0.29) is 39.8 Å². The standard InChI is InChI=1S/C35H50BrN3O4S/c1-9-17-37(18-10-2)30(41)26-27-31(42)39(25(21-40)23-15-13-12-14-16-23)29(35(27)20-24(36)28(26)44-35)32(43)38(19-11-3)34(7,8)22-33(4,5)6/h9,11-16,24-29,40H,1,3,10,17-22H2,2,4-8H3/t24?,25-,26+,27+,28+,29?,35?/m1/s1. The second-order valence-corrected chi connectivity index (χ2v) is 17.1. The van der Waals surface area contributed by atoms with Crippen LogP contribution in [0.4, 0.5) is 0 Å². The van der Waals surface area contributed by atoms with Gasteiger partial charge in [0.15, 0.2) is 0 Å². The van der Waals surface area contributed by atoms with E-state index >= 15 is 4.79 Å². The minimum absolute atomic E-state index is 0.0345. The number of aliphatic hydroxyl groups is 1. The Bertz CT molecular complexity index is 1250. The molecule has 0 saturated carbocycles. The molecule has 1 spiro atoms. The maximum atomic E-state index is 15.2. The van der Waals surface area contributed by atoms with E-state index in [9.17, 15) is 14.7 Å². The molecule has 3 fully saturated rings. The summed E-state index contributed by atoms with van der Waals surface area (Å²) in [5.41, 5.74) is 0.166. The number of carbonyl (C=O) groups is 3. The van der Waals surface area contributed by atoms with E-state index in [1.54, 1.807) is 33.7 Å². The smallest absolute Gasteiger partial charge is 0.247 e. The van der Waals surface area contributed by atoms with E-state index in [1.165, 1.54) is 0 Å². The van der Waals surface area contributed by atoms with E-state index in [0.717, 1.165) is 18.4 Å². The Morgan fingerprint density at radius 1 is 1.14 bits per heavy atom. The fourth-order valence-corrected chi connectivity index (χ4v) is 11.8. The predicted molar refractivity (Wildman–Crippen MR) is 182 cm³/mol. The van der Waals surface area contributed by atoms with Crippen LogP contribution in [-0.4, -0.2) is 90.2 Å². The number of hydrogen-bond acceptors (Lipinski definition) is 5. The summed E-state index contributed by atoms with van der Waals surface area (Å²) in [7, 11) is 0. The van der Waals surface area contributed by atoms with Crippen LogP contribution in [0.15, 0.2) is 55.6 Å². The SMILES string of the molecule is C=CCN(CCC)C(=O)[C@H]1[C@H]2C(=O)N([C@H](CO)c3ccccc3)C(C(=O)N(CC=C)C(C)(C)CC(C)(C)C)C23CC(Br)[C@@H]1S3. The van der Waals surface area contributed by atoms with Gasteiger partial charge in [-0.25, -0.2) is 0 Å². The molecule has 0 radical (unpaired) electrons. The van der Waals surface area contributed by atoms with Crippen molar-refractivity contribution in [3.8, 4) is 0 Å². The summed E-state index contributed by atoms with van der Waals surface area (Å²) in [5.74, 6) is -1.69. The van der Waals surface area contributed by atoms with Crippen molar-refractivity contribution in [2.24, 2.45) is 17.3 Å². The van der Waals surface area contributed by atoms with Crippen molar-refractivity contribution in [1.82, 2.24) is 14.7 Å². The van der Waals surface area contributed by atoms with Crippen LogP contribution in [0.25, 0.3) is 0 Å². The second kappa shape index (κ2) is 13.3. The number of alkyl halides is 1. The van der Waals surface area contributed by atoms with Crippen LogP contribution in [0.2, 0.25) is 0 Å². The first-order valence-corrected chi connectivity index (χ1v) is 17.6. The Morgan fingerprint density at radius 3 is 2.32 bits per heavy atom. The molecule has 242 valence electrons. The molecular weight excluding hydrogens is 638 g/mol. The molecule has 3 saturated heterocycles. The van der Waals surface area contributed by atoms with E-state index in [0.29, 0.717) is 26.1 Å². The van der Waals surface area contributed by atoms with Crippen molar-refractivity contribution >= 4 is 45.4 Å². The van der Waals surface area contributed by atoms with Crippen LogP contribution < -0.4 is 0 Å². The van der Waals surface area contributed by atoms with Gasteiger partial charge in [-0.05, 0) is 44.1 Å². The molecule has 9 heteroatoms. The number of carbonyl (C=O) groups excluding carboxylic acids is 3. The normalized spacial score (nSPS) is 28.5. The zero-order valence-corrected chi connectivity index (χ0v) is 29.6. The predicted octanol–water partition coefficient (Wildman–Crippen LogP) is 5.84. The molecule has 3 aliphatic rings. The third-order valence-corrected chi connectivity index (χ3v) is 12.6. The largest absolute Gasteiger partial charge is 0.394 e. The maximum absolute atomic E-state index is 15.2. The van der Waals surface area contributed by atoms with Gasteiger partial charge < -0.3 is 19.8 Å². The number of nitrogens with zero attached hydrogens (tertiary/aromatic N) is 3. The topological polar surface area (TPSA) is 81.2 Å². The Balaban J connectivity index is 1.90. The van der Waals surface area contributed by atoms with E-state index in [4.69, 9.17) is 0 Å². The van der Waals surface area contributed by atoms with Crippen molar-refractivity contribution in [3.05, 3.63) is 61.2 Å². The molecule has 1 aromatic rings. The Morgan fingerprint density at radius 2 is 1.77 bits per heavy atom. The van der Waals surface area contributed by atoms with Crippen LogP contribution in [0.5, 0.6) is 0 Å². The highest BCUT2D eigenvalue weighted by molar-refractivity contribution is 9.09. The first kappa shape index (κ1) is 34.8. The Labute approximate surface area is 276 Å². The van der Waals surface area contributed by atoms with Crippen molar-refractivity contribution < 1.29 is 19.5 Å². The quantitative estimate of drug-likeness (QED) is 0.208. The molecule has 7 atom stereocenters. The number of aliphatic hydroxyl groups excluding tert-OH is 1. The molecule has 3 amide bonds. The van der Waals surface area contributed by atoms with E-state index in [1.807, 2.05) is 42.2 Å². The number of fused-ring (bicyclic) bond motifs is 1. The molecule has 0 aliphatic carbocycles. The summed E-state index contributed by atoms with van der Waals surface area (Å²) >= 11 is 5.53. The van der Waals surface area contributed by atoms with Crippen LogP contribution in [-0.2, 0) is 14.4 Å². The van der Waals surface area contributed by atoms with Gasteiger partial charge in [0.2, 0.25) is 17.7 Å². The van der Waals surface area contributed by atoms with Gasteiger partial charge in [0.1, 0.15) is 6.04 Å². The molecule has 7 nitrogen and oxygen atoms in total. The Kier molecular flexibility index (Phi) is 10.5. The van der Waals surface area contributed by atoms with E-state index in [2.05, 4.69) is 63.7 Å². The summed E-state index contributed by atoms with van der Waals surface area (Å²) in [6, 6.07) is 7.85. The third kappa shape index (κ3) is 6.17. The van der Waals surface area contributed by atoms with Gasteiger partial charge in [-0.2, -0.15) is 0 Å². The Hall–Kier alpha value is -2.10. The summed E-state index contributed by atoms with van der Waals surface area (Å²) in [4.78, 5) is 49.7. The minimum atomic E-state index is -0.858. The number of thioether (sulfide) groups is 1. The lowest BCUT2D eigenvalue weighted by molar-refractivity contribution is -0.149. The van der Waals surface area contributed by atoms with E-state index < -0.39 is 34.2 Å². The first-order valence-electron chi connectivity index (χ1n) is 15.8. The van der Waals surface area contributed by atoms with Crippen molar-refractivity contribution in [2.75, 3.05) is 26.2 Å². The molecule has 3 heterocycles. The molecule has 0 aromatic heterocycles. The van der Waals surface area contributed by atoms with Gasteiger partial charge >= 0.3 is 0 Å². The molecule has 1 aromatic carbocycles. The third-order valence-electron chi connectivity index (χ3n) is 9.37. The average Bonchev–Trinajstić information content (AvgIpc) is 3.54. The summed E-state index contributed by atoms with van der Waals surface area (Å²) in [6.45, 7) is 21.5. The second-order valence-electron chi connectivity index (χ2n) is 14.4. The molecule has 44 heavy (non-hydrogen) atoms. The number of benzene rings is 1. The van der Waals surface area contributed by atoms with Crippen LogP contribution in [0.3, 0.4) is 0 Å². The van der Waals surface area contributed by atoms with Gasteiger partial charge in [0.05, 0.1) is 29.2 Å². The average molecular weight is 689 g/mol. The summed E-state index contributed by atoms with van der Waals surface area (Å²) in [6.07, 6.45) is 5.59. The number of likely N-dealkylation sites (tertiary alicyclic amines) is 1. The highest BCUT2D eigenvalue weighted by Gasteiger charge is 2.76. The lowest BCUT2D eigenvalue weighted by atomic mass is 9.70. The van der Waals surface area contributed by atoms with Gasteiger partial charge in [-0.15, -0.1) is 24.9 Å². The fraction of sp³-hybridized carbons (Fsp3) is 0.629. The number of amides is 3. The van der Waals surface area contributed by atoms with Crippen LogP contribution in [0.1, 0.15) is 72.4 Å². The summed E-state index contributed by atoms with van der Waals surface area (Å²) < 4.78 is -0.821. The molecular formula is C35H50BrN3O4S. The van der Waals surface area contributed by atoms with Crippen molar-refractivity contribution in [3.63, 3.8) is 0 Å². The molecule has 3 unspecified atom stereocenters. The lowest BCUT2D eigenvalue weighted by Crippen LogP contribution is -2.61. The van der Waals surface area contributed by atoms with Gasteiger partial charge in [-0.1, -0.05) is 86.1 Å². The number of rotatable bonds is 13. The number of hydrogen-bond donors (Lipinski definition) is 1. The van der Waals surface area contributed by atoms with Gasteiger partial charge in [0, 0.05) is 35.3 Å². The highest BCUT2D eigenvalue weighted by atomic mass is 79.9. The van der Waals surface area contributed by atoms with Crippen molar-refractivity contribution in [2.45, 2.75) is 93.3 Å². The van der Waals surface area contributed by atoms with Crippen molar-refractivity contribution in [1.29, 1.82) is 0 Å². The molecule has 1 N–H and O–H groups in total.